The van der Waals surface area contributed by atoms with Gasteiger partial charge in [0.25, 0.3) is 0 Å². The van der Waals surface area contributed by atoms with Crippen molar-refractivity contribution >= 4 is 11.6 Å². The van der Waals surface area contributed by atoms with Gasteiger partial charge in [0, 0.05) is 18.2 Å². The maximum atomic E-state index is 13.0. The maximum Gasteiger partial charge on any atom is 0.224 e. The monoisotopic (exact) mass is 253 g/mol. The van der Waals surface area contributed by atoms with Crippen LogP contribution < -0.4 is 5.32 Å². The number of halogens is 2. The highest BCUT2D eigenvalue weighted by molar-refractivity contribution is 5.90. The van der Waals surface area contributed by atoms with E-state index in [0.717, 1.165) is 25.0 Å². The van der Waals surface area contributed by atoms with E-state index in [-0.39, 0.29) is 5.91 Å². The average molecular weight is 253 g/mol. The van der Waals surface area contributed by atoms with Crippen LogP contribution in [0.3, 0.4) is 0 Å². The molecule has 0 bridgehead atoms. The summed E-state index contributed by atoms with van der Waals surface area (Å²) < 4.78 is 25.7. The lowest BCUT2D eigenvalue weighted by Crippen LogP contribution is -2.18. The first-order valence-corrected chi connectivity index (χ1v) is 6.40. The number of amides is 1. The molecule has 0 saturated heterocycles. The van der Waals surface area contributed by atoms with Crippen LogP contribution in [0, 0.1) is 17.6 Å². The normalized spacial score (nSPS) is 16.6. The molecule has 2 nitrogen and oxygen atoms in total. The first-order chi connectivity index (χ1) is 8.65. The van der Waals surface area contributed by atoms with Gasteiger partial charge in [-0.25, -0.2) is 8.78 Å². The molecule has 0 atom stereocenters. The van der Waals surface area contributed by atoms with Gasteiger partial charge in [0.1, 0.15) is 0 Å². The predicted molar refractivity (Wildman–Crippen MR) is 66.2 cm³/mol. The molecule has 1 aliphatic rings. The number of rotatable bonds is 3. The number of nitrogens with one attached hydrogen (secondary N) is 1. The molecule has 18 heavy (non-hydrogen) atoms. The second-order valence-corrected chi connectivity index (χ2v) is 4.89. The van der Waals surface area contributed by atoms with E-state index in [2.05, 4.69) is 5.32 Å². The molecule has 1 aromatic carbocycles. The number of hydrogen-bond donors (Lipinski definition) is 1. The summed E-state index contributed by atoms with van der Waals surface area (Å²) in [5, 5.41) is 2.61. The highest BCUT2D eigenvalue weighted by Gasteiger charge is 2.17. The summed E-state index contributed by atoms with van der Waals surface area (Å²) in [5.74, 6) is -1.53. The van der Waals surface area contributed by atoms with Crippen LogP contribution in [-0.4, -0.2) is 5.91 Å². The van der Waals surface area contributed by atoms with Gasteiger partial charge >= 0.3 is 0 Å². The number of hydrogen-bond acceptors (Lipinski definition) is 1. The maximum absolute atomic E-state index is 13.0. The Morgan fingerprint density at radius 1 is 1.17 bits per heavy atom. The standard InChI is InChI=1S/C14H17F2NO/c15-12-7-6-11(9-13(12)16)17-14(18)8-10-4-2-1-3-5-10/h6-7,9-10H,1-5,8H2,(H,17,18). The Morgan fingerprint density at radius 3 is 2.56 bits per heavy atom. The molecule has 4 heteroatoms. The molecule has 2 rings (SSSR count). The Labute approximate surface area is 105 Å². The summed E-state index contributed by atoms with van der Waals surface area (Å²) in [6.07, 6.45) is 6.27. The Kier molecular flexibility index (Phi) is 4.28. The van der Waals surface area contributed by atoms with Gasteiger partial charge in [-0.05, 0) is 30.9 Å². The summed E-state index contributed by atoms with van der Waals surface area (Å²) >= 11 is 0. The van der Waals surface area contributed by atoms with Gasteiger partial charge in [-0.15, -0.1) is 0 Å². The third-order valence-corrected chi connectivity index (χ3v) is 3.40. The summed E-state index contributed by atoms with van der Waals surface area (Å²) in [6.45, 7) is 0. The molecule has 0 aliphatic heterocycles. The van der Waals surface area contributed by atoms with Gasteiger partial charge in [-0.2, -0.15) is 0 Å². The molecule has 0 radical (unpaired) electrons. The minimum Gasteiger partial charge on any atom is -0.326 e. The minimum atomic E-state index is -0.939. The summed E-state index contributed by atoms with van der Waals surface area (Å²) in [7, 11) is 0. The van der Waals surface area contributed by atoms with E-state index in [1.54, 1.807) is 0 Å². The smallest absolute Gasteiger partial charge is 0.224 e. The van der Waals surface area contributed by atoms with E-state index >= 15 is 0 Å². The Morgan fingerprint density at radius 2 is 1.89 bits per heavy atom. The van der Waals surface area contributed by atoms with E-state index < -0.39 is 11.6 Å². The van der Waals surface area contributed by atoms with Crippen LogP contribution >= 0.6 is 0 Å². The van der Waals surface area contributed by atoms with Crippen LogP contribution in [0.5, 0.6) is 0 Å². The van der Waals surface area contributed by atoms with Crippen molar-refractivity contribution in [2.75, 3.05) is 5.32 Å². The third kappa shape index (κ3) is 3.52. The van der Waals surface area contributed by atoms with Gasteiger partial charge < -0.3 is 5.32 Å². The molecule has 1 aliphatic carbocycles. The molecule has 1 N–H and O–H groups in total. The lowest BCUT2D eigenvalue weighted by Gasteiger charge is -2.20. The lowest BCUT2D eigenvalue weighted by atomic mass is 9.87. The lowest BCUT2D eigenvalue weighted by molar-refractivity contribution is -0.117. The number of anilines is 1. The second-order valence-electron chi connectivity index (χ2n) is 4.89. The molecule has 0 heterocycles. The zero-order valence-electron chi connectivity index (χ0n) is 10.2. The minimum absolute atomic E-state index is 0.118. The van der Waals surface area contributed by atoms with E-state index in [9.17, 15) is 13.6 Å². The fourth-order valence-corrected chi connectivity index (χ4v) is 2.44. The van der Waals surface area contributed by atoms with Crippen molar-refractivity contribution in [1.29, 1.82) is 0 Å². The zero-order chi connectivity index (χ0) is 13.0. The van der Waals surface area contributed by atoms with Crippen LogP contribution in [0.15, 0.2) is 18.2 Å². The largest absolute Gasteiger partial charge is 0.326 e. The SMILES string of the molecule is O=C(CC1CCCCC1)Nc1ccc(F)c(F)c1. The first-order valence-electron chi connectivity index (χ1n) is 6.40. The quantitative estimate of drug-likeness (QED) is 0.870. The summed E-state index contributed by atoms with van der Waals surface area (Å²) in [6, 6.07) is 3.40. The van der Waals surface area contributed by atoms with Crippen LogP contribution in [0.4, 0.5) is 14.5 Å². The Hall–Kier alpha value is -1.45. The van der Waals surface area contributed by atoms with Crippen molar-refractivity contribution < 1.29 is 13.6 Å². The van der Waals surface area contributed by atoms with Gasteiger partial charge in [0.15, 0.2) is 11.6 Å². The average Bonchev–Trinajstić information content (AvgIpc) is 2.35. The fourth-order valence-electron chi connectivity index (χ4n) is 2.44. The summed E-state index contributed by atoms with van der Waals surface area (Å²) in [4.78, 5) is 11.7. The zero-order valence-corrected chi connectivity index (χ0v) is 10.2. The number of benzene rings is 1. The molecule has 98 valence electrons. The molecule has 0 unspecified atom stereocenters. The van der Waals surface area contributed by atoms with Gasteiger partial charge in [0.05, 0.1) is 0 Å². The van der Waals surface area contributed by atoms with Crippen LogP contribution in [0.2, 0.25) is 0 Å². The van der Waals surface area contributed by atoms with Crippen LogP contribution in [-0.2, 0) is 4.79 Å². The van der Waals surface area contributed by atoms with Crippen LogP contribution in [0.1, 0.15) is 38.5 Å². The van der Waals surface area contributed by atoms with Gasteiger partial charge in [-0.3, -0.25) is 4.79 Å². The summed E-state index contributed by atoms with van der Waals surface area (Å²) in [5.41, 5.74) is 0.315. The molecule has 1 fully saturated rings. The predicted octanol–water partition coefficient (Wildman–Crippen LogP) is 3.87. The number of carbonyl (C=O) groups is 1. The highest BCUT2D eigenvalue weighted by Crippen LogP contribution is 2.26. The Balaban J connectivity index is 1.88. The second kappa shape index (κ2) is 5.94. The van der Waals surface area contributed by atoms with Crippen molar-refractivity contribution in [3.63, 3.8) is 0 Å². The highest BCUT2D eigenvalue weighted by atomic mass is 19.2. The third-order valence-electron chi connectivity index (χ3n) is 3.40. The van der Waals surface area contributed by atoms with E-state index in [1.165, 1.54) is 25.3 Å². The topological polar surface area (TPSA) is 29.1 Å². The van der Waals surface area contributed by atoms with E-state index in [1.807, 2.05) is 0 Å². The van der Waals surface area contributed by atoms with Crippen molar-refractivity contribution in [3.05, 3.63) is 29.8 Å². The molecule has 0 spiro atoms. The molecule has 0 aromatic heterocycles. The molecular weight excluding hydrogens is 236 g/mol. The van der Waals surface area contributed by atoms with Crippen molar-refractivity contribution in [1.82, 2.24) is 0 Å². The molecule has 1 amide bonds. The van der Waals surface area contributed by atoms with Gasteiger partial charge in [0.2, 0.25) is 5.91 Å². The number of carbonyl (C=O) groups excluding carboxylic acids is 1. The fraction of sp³-hybridized carbons (Fsp3) is 0.500. The van der Waals surface area contributed by atoms with Crippen molar-refractivity contribution in [2.45, 2.75) is 38.5 Å². The van der Waals surface area contributed by atoms with Crippen LogP contribution in [0.25, 0.3) is 0 Å². The first kappa shape index (κ1) is 13.0. The molecule has 1 saturated carbocycles. The van der Waals surface area contributed by atoms with Crippen molar-refractivity contribution in [2.24, 2.45) is 5.92 Å². The van der Waals surface area contributed by atoms with E-state index in [0.29, 0.717) is 18.0 Å². The molecular formula is C14H17F2NO. The Bertz CT molecular complexity index is 428. The molecule has 1 aromatic rings. The van der Waals surface area contributed by atoms with Crippen molar-refractivity contribution in [3.8, 4) is 0 Å². The van der Waals surface area contributed by atoms with E-state index in [4.69, 9.17) is 0 Å². The van der Waals surface area contributed by atoms with Gasteiger partial charge in [-0.1, -0.05) is 19.3 Å².